The molecule has 2 aromatic rings. The number of thioether (sulfide) groups is 1. The molecule has 0 radical (unpaired) electrons. The van der Waals surface area contributed by atoms with Gasteiger partial charge in [-0.1, -0.05) is 11.8 Å². The van der Waals surface area contributed by atoms with Crippen LogP contribution in [0.5, 0.6) is 0 Å². The van der Waals surface area contributed by atoms with Crippen LogP contribution in [-0.4, -0.2) is 79.0 Å². The fourth-order valence-corrected chi connectivity index (χ4v) is 6.40. The fraction of sp³-hybridized carbons (Fsp3) is 0.619. The van der Waals surface area contributed by atoms with E-state index in [1.807, 2.05) is 18.4 Å². The first-order valence-corrected chi connectivity index (χ1v) is 13.4. The summed E-state index contributed by atoms with van der Waals surface area (Å²) in [5.41, 5.74) is 1.46. The number of morpholine rings is 1. The normalized spacial score (nSPS) is 21.1. The number of nitrogens with one attached hydrogen (secondary N) is 1. The van der Waals surface area contributed by atoms with Crippen molar-refractivity contribution in [2.75, 3.05) is 39.5 Å². The van der Waals surface area contributed by atoms with Crippen LogP contribution in [0.15, 0.2) is 28.3 Å². The van der Waals surface area contributed by atoms with Gasteiger partial charge >= 0.3 is 0 Å². The van der Waals surface area contributed by atoms with Gasteiger partial charge in [0.25, 0.3) is 0 Å². The number of nitrogens with zero attached hydrogens (tertiary/aromatic N) is 3. The Morgan fingerprint density at radius 2 is 2.09 bits per heavy atom. The number of amides is 1. The lowest BCUT2D eigenvalue weighted by atomic mass is 10.2. The topological polar surface area (TPSA) is 103 Å². The van der Waals surface area contributed by atoms with E-state index in [1.165, 1.54) is 16.1 Å². The van der Waals surface area contributed by atoms with E-state index in [0.717, 1.165) is 25.0 Å². The number of sulfonamides is 1. The predicted molar refractivity (Wildman–Crippen MR) is 122 cm³/mol. The third-order valence-corrected chi connectivity index (χ3v) is 8.77. The molecule has 2 aliphatic rings. The maximum atomic E-state index is 13.0. The molecule has 2 aliphatic heterocycles. The molecule has 3 heterocycles. The molecule has 9 nitrogen and oxygen atoms in total. The van der Waals surface area contributed by atoms with Crippen molar-refractivity contribution in [1.29, 1.82) is 0 Å². The van der Waals surface area contributed by atoms with Crippen molar-refractivity contribution in [2.45, 2.75) is 54.6 Å². The number of imidazole rings is 1. The van der Waals surface area contributed by atoms with Crippen LogP contribution < -0.4 is 5.32 Å². The maximum Gasteiger partial charge on any atom is 0.243 e. The van der Waals surface area contributed by atoms with E-state index in [-0.39, 0.29) is 22.2 Å². The second kappa shape index (κ2) is 10.1. The quantitative estimate of drug-likeness (QED) is 0.573. The molecule has 0 bridgehead atoms. The number of carbonyl (C=O) groups excluding carboxylic acids is 1. The van der Waals surface area contributed by atoms with Gasteiger partial charge in [-0.15, -0.1) is 0 Å². The molecule has 1 aromatic carbocycles. The highest BCUT2D eigenvalue weighted by atomic mass is 32.2. The second-order valence-electron chi connectivity index (χ2n) is 7.95. The van der Waals surface area contributed by atoms with E-state index in [1.54, 1.807) is 18.2 Å². The molecule has 11 heteroatoms. The van der Waals surface area contributed by atoms with Crippen LogP contribution >= 0.6 is 11.8 Å². The third kappa shape index (κ3) is 4.96. The molecular weight excluding hydrogens is 452 g/mol. The molecular formula is C21H30N4O5S2. The molecule has 0 spiro atoms. The average molecular weight is 483 g/mol. The van der Waals surface area contributed by atoms with E-state index < -0.39 is 10.0 Å². The van der Waals surface area contributed by atoms with Crippen LogP contribution in [-0.2, 0) is 30.8 Å². The minimum absolute atomic E-state index is 0.0595. The van der Waals surface area contributed by atoms with Gasteiger partial charge in [-0.3, -0.25) is 4.79 Å². The Hall–Kier alpha value is -1.66. The Balaban J connectivity index is 1.51. The van der Waals surface area contributed by atoms with E-state index in [0.29, 0.717) is 50.1 Å². The predicted octanol–water partition coefficient (Wildman–Crippen LogP) is 1.85. The zero-order chi connectivity index (χ0) is 22.7. The number of fused-ring (bicyclic) bond motifs is 1. The molecule has 1 N–H and O–H groups in total. The molecule has 0 saturated carbocycles. The summed E-state index contributed by atoms with van der Waals surface area (Å²) in [6, 6.07) is 5.05. The fourth-order valence-electron chi connectivity index (χ4n) is 3.95. The Labute approximate surface area is 192 Å². The van der Waals surface area contributed by atoms with Gasteiger partial charge in [0.2, 0.25) is 15.9 Å². The van der Waals surface area contributed by atoms with Crippen molar-refractivity contribution in [1.82, 2.24) is 19.2 Å². The first kappa shape index (κ1) is 23.5. The lowest BCUT2D eigenvalue weighted by Crippen LogP contribution is -2.40. The molecule has 0 unspecified atom stereocenters. The first-order valence-electron chi connectivity index (χ1n) is 11.0. The Morgan fingerprint density at radius 1 is 1.31 bits per heavy atom. The van der Waals surface area contributed by atoms with Gasteiger partial charge in [-0.05, 0) is 44.9 Å². The van der Waals surface area contributed by atoms with E-state index in [9.17, 15) is 13.2 Å². The molecule has 32 heavy (non-hydrogen) atoms. The van der Waals surface area contributed by atoms with Gasteiger partial charge in [-0.25, -0.2) is 13.4 Å². The molecule has 4 rings (SSSR count). The summed E-state index contributed by atoms with van der Waals surface area (Å²) in [5.74, 6) is -0.0595. The summed E-state index contributed by atoms with van der Waals surface area (Å²) in [7, 11) is -3.59. The smallest absolute Gasteiger partial charge is 0.243 e. The highest BCUT2D eigenvalue weighted by Gasteiger charge is 2.27. The van der Waals surface area contributed by atoms with Gasteiger partial charge in [0.15, 0.2) is 5.16 Å². The lowest BCUT2D eigenvalue weighted by molar-refractivity contribution is -0.120. The van der Waals surface area contributed by atoms with Crippen molar-refractivity contribution < 1.29 is 22.7 Å². The lowest BCUT2D eigenvalue weighted by Gasteiger charge is -2.26. The monoisotopic (exact) mass is 482 g/mol. The maximum absolute atomic E-state index is 13.0. The summed E-state index contributed by atoms with van der Waals surface area (Å²) in [4.78, 5) is 17.5. The number of carbonyl (C=O) groups is 1. The molecule has 1 aromatic heterocycles. The van der Waals surface area contributed by atoms with Crippen molar-refractivity contribution in [3.05, 3.63) is 18.2 Å². The second-order valence-corrected chi connectivity index (χ2v) is 11.2. The summed E-state index contributed by atoms with van der Waals surface area (Å²) in [5, 5.41) is 3.32. The van der Waals surface area contributed by atoms with Crippen LogP contribution in [0.2, 0.25) is 0 Å². The molecule has 1 amide bonds. The minimum Gasteiger partial charge on any atom is -0.379 e. The van der Waals surface area contributed by atoms with E-state index >= 15 is 0 Å². The number of aryl methyl sites for hydroxylation is 1. The van der Waals surface area contributed by atoms with Gasteiger partial charge in [0.1, 0.15) is 0 Å². The zero-order valence-corrected chi connectivity index (χ0v) is 20.1. The van der Waals surface area contributed by atoms with E-state index in [2.05, 4.69) is 10.3 Å². The summed E-state index contributed by atoms with van der Waals surface area (Å²) >= 11 is 1.38. The number of benzene rings is 1. The molecule has 0 aliphatic carbocycles. The molecule has 2 saturated heterocycles. The van der Waals surface area contributed by atoms with Gasteiger partial charge in [-0.2, -0.15) is 4.31 Å². The van der Waals surface area contributed by atoms with Crippen LogP contribution in [0.25, 0.3) is 11.0 Å². The zero-order valence-electron chi connectivity index (χ0n) is 18.5. The largest absolute Gasteiger partial charge is 0.379 e. The van der Waals surface area contributed by atoms with Crippen molar-refractivity contribution in [3.63, 3.8) is 0 Å². The standard InChI is InChI=1S/C21H30N4O5S2/c1-3-25-19-7-6-17(32(27,28)24-8-11-29-12-9-24)13-18(19)23-21(25)31-15(2)20(26)22-14-16-5-4-10-30-16/h6-7,13,15-16H,3-5,8-12,14H2,1-2H3,(H,22,26)/t15-,16-/m1/s1. The van der Waals surface area contributed by atoms with Crippen LogP contribution in [0, 0.1) is 0 Å². The van der Waals surface area contributed by atoms with Gasteiger partial charge in [0, 0.05) is 32.8 Å². The molecule has 176 valence electrons. The van der Waals surface area contributed by atoms with Crippen LogP contribution in [0.3, 0.4) is 0 Å². The average Bonchev–Trinajstić information content (AvgIpc) is 3.44. The molecule has 2 fully saturated rings. The number of ether oxygens (including phenoxy) is 2. The SMILES string of the molecule is CCn1c(S[C@H](C)C(=O)NC[C@H]2CCCO2)nc2cc(S(=O)(=O)N3CCOCC3)ccc21. The van der Waals surface area contributed by atoms with Gasteiger partial charge < -0.3 is 19.4 Å². The number of aromatic nitrogens is 2. The van der Waals surface area contributed by atoms with Crippen molar-refractivity contribution >= 4 is 38.7 Å². The number of rotatable bonds is 8. The van der Waals surface area contributed by atoms with E-state index in [4.69, 9.17) is 9.47 Å². The summed E-state index contributed by atoms with van der Waals surface area (Å²) in [6.45, 7) is 7.31. The Morgan fingerprint density at radius 3 is 2.78 bits per heavy atom. The Kier molecular flexibility index (Phi) is 7.40. The van der Waals surface area contributed by atoms with Crippen LogP contribution in [0.4, 0.5) is 0 Å². The Bertz CT molecular complexity index is 1060. The summed E-state index contributed by atoms with van der Waals surface area (Å²) < 4.78 is 40.3. The highest BCUT2D eigenvalue weighted by Crippen LogP contribution is 2.29. The van der Waals surface area contributed by atoms with Crippen LogP contribution in [0.1, 0.15) is 26.7 Å². The third-order valence-electron chi connectivity index (χ3n) is 5.79. The highest BCUT2D eigenvalue weighted by molar-refractivity contribution is 8.00. The molecule has 2 atom stereocenters. The number of hydrogen-bond donors (Lipinski definition) is 1. The first-order chi connectivity index (χ1) is 15.4. The van der Waals surface area contributed by atoms with Crippen molar-refractivity contribution in [2.24, 2.45) is 0 Å². The summed E-state index contributed by atoms with van der Waals surface area (Å²) in [6.07, 6.45) is 2.11. The van der Waals surface area contributed by atoms with Crippen molar-refractivity contribution in [3.8, 4) is 0 Å². The van der Waals surface area contributed by atoms with Gasteiger partial charge in [0.05, 0.1) is 40.5 Å². The minimum atomic E-state index is -3.59. The number of hydrogen-bond acceptors (Lipinski definition) is 7.